The summed E-state index contributed by atoms with van der Waals surface area (Å²) in [5.74, 6) is 0.859. The number of hydrogen-bond donors (Lipinski definition) is 1. The number of nitrogens with zero attached hydrogens (tertiary/aromatic N) is 1. The molecule has 1 heterocycles. The Labute approximate surface area is 114 Å². The first-order valence-electron chi connectivity index (χ1n) is 7.02. The van der Waals surface area contributed by atoms with Gasteiger partial charge in [0.15, 0.2) is 6.10 Å². The van der Waals surface area contributed by atoms with Crippen LogP contribution in [0.1, 0.15) is 38.7 Å². The number of benzene rings is 1. The van der Waals surface area contributed by atoms with Crippen LogP contribution in [0.5, 0.6) is 5.75 Å². The fraction of sp³-hybridized carbons (Fsp3) is 0.533. The molecule has 0 spiro atoms. The number of unbranched alkanes of at least 4 members (excludes halogenated alkanes) is 1. The largest absolute Gasteiger partial charge is 0.478 e. The maximum atomic E-state index is 12.4. The average Bonchev–Trinajstić information content (AvgIpc) is 2.45. The number of fused-ring (bicyclic) bond motifs is 1. The molecule has 0 bridgehead atoms. The van der Waals surface area contributed by atoms with Crippen LogP contribution in [0.15, 0.2) is 18.2 Å². The average molecular weight is 262 g/mol. The van der Waals surface area contributed by atoms with Gasteiger partial charge in [-0.2, -0.15) is 0 Å². The lowest BCUT2D eigenvalue weighted by atomic mass is 10.1. The SMILES string of the molecule is CCCCN1C(=O)C(CC)Oc2ccc(CN)cc21. The maximum absolute atomic E-state index is 12.4. The lowest BCUT2D eigenvalue weighted by molar-refractivity contribution is -0.126. The van der Waals surface area contributed by atoms with E-state index in [4.69, 9.17) is 10.5 Å². The third kappa shape index (κ3) is 2.73. The molecule has 104 valence electrons. The van der Waals surface area contributed by atoms with Gasteiger partial charge < -0.3 is 15.4 Å². The van der Waals surface area contributed by atoms with Crippen LogP contribution in [0.25, 0.3) is 0 Å². The molecule has 4 heteroatoms. The fourth-order valence-corrected chi connectivity index (χ4v) is 2.30. The molecule has 2 N–H and O–H groups in total. The first kappa shape index (κ1) is 13.9. The quantitative estimate of drug-likeness (QED) is 0.886. The Hall–Kier alpha value is -1.55. The Kier molecular flexibility index (Phi) is 4.43. The number of amides is 1. The van der Waals surface area contributed by atoms with Crippen molar-refractivity contribution in [3.05, 3.63) is 23.8 Å². The van der Waals surface area contributed by atoms with Gasteiger partial charge in [-0.1, -0.05) is 26.3 Å². The molecule has 1 aliphatic heterocycles. The van der Waals surface area contributed by atoms with E-state index in [1.165, 1.54) is 0 Å². The molecule has 0 aliphatic carbocycles. The topological polar surface area (TPSA) is 55.6 Å². The van der Waals surface area contributed by atoms with Crippen molar-refractivity contribution >= 4 is 11.6 Å². The van der Waals surface area contributed by atoms with Gasteiger partial charge >= 0.3 is 0 Å². The zero-order valence-electron chi connectivity index (χ0n) is 11.7. The highest BCUT2D eigenvalue weighted by Gasteiger charge is 2.32. The minimum atomic E-state index is -0.354. The molecule has 1 aromatic rings. The molecule has 1 aromatic carbocycles. The van der Waals surface area contributed by atoms with E-state index in [2.05, 4.69) is 6.92 Å². The molecule has 0 radical (unpaired) electrons. The van der Waals surface area contributed by atoms with Crippen LogP contribution in [-0.4, -0.2) is 18.6 Å². The van der Waals surface area contributed by atoms with Crippen molar-refractivity contribution in [3.63, 3.8) is 0 Å². The van der Waals surface area contributed by atoms with Crippen molar-refractivity contribution in [1.29, 1.82) is 0 Å². The Bertz CT molecular complexity index is 459. The van der Waals surface area contributed by atoms with Crippen molar-refractivity contribution in [3.8, 4) is 5.75 Å². The molecular formula is C15H22N2O2. The summed E-state index contributed by atoms with van der Waals surface area (Å²) in [5, 5.41) is 0. The summed E-state index contributed by atoms with van der Waals surface area (Å²) in [6.45, 7) is 5.32. The number of carbonyl (C=O) groups excluding carboxylic acids is 1. The number of rotatable bonds is 5. The number of anilines is 1. The van der Waals surface area contributed by atoms with Gasteiger partial charge in [0.1, 0.15) is 5.75 Å². The molecule has 0 aromatic heterocycles. The minimum absolute atomic E-state index is 0.0672. The van der Waals surface area contributed by atoms with Crippen molar-refractivity contribution in [2.24, 2.45) is 5.73 Å². The summed E-state index contributed by atoms with van der Waals surface area (Å²) < 4.78 is 5.77. The second-order valence-electron chi connectivity index (χ2n) is 4.86. The summed E-state index contributed by atoms with van der Waals surface area (Å²) >= 11 is 0. The third-order valence-corrected chi connectivity index (χ3v) is 3.47. The molecule has 4 nitrogen and oxygen atoms in total. The highest BCUT2D eigenvalue weighted by molar-refractivity contribution is 6.00. The third-order valence-electron chi connectivity index (χ3n) is 3.47. The van der Waals surface area contributed by atoms with E-state index in [0.717, 1.165) is 36.4 Å². The van der Waals surface area contributed by atoms with Gasteiger partial charge in [0.2, 0.25) is 0 Å². The standard InChI is InChI=1S/C15H22N2O2/c1-3-5-8-17-12-9-11(10-16)6-7-14(12)19-13(4-2)15(17)18/h6-7,9,13H,3-5,8,10,16H2,1-2H3. The normalized spacial score (nSPS) is 18.2. The van der Waals surface area contributed by atoms with Crippen molar-refractivity contribution in [1.82, 2.24) is 0 Å². The van der Waals surface area contributed by atoms with E-state index in [1.54, 1.807) is 0 Å². The molecular weight excluding hydrogens is 240 g/mol. The number of carbonyl (C=O) groups is 1. The first-order chi connectivity index (χ1) is 9.21. The number of nitrogens with two attached hydrogens (primary N) is 1. The molecule has 0 fully saturated rings. The van der Waals surface area contributed by atoms with E-state index >= 15 is 0 Å². The van der Waals surface area contributed by atoms with Gasteiger partial charge in [0.25, 0.3) is 5.91 Å². The van der Waals surface area contributed by atoms with Crippen molar-refractivity contribution in [2.45, 2.75) is 45.8 Å². The van der Waals surface area contributed by atoms with Crippen molar-refractivity contribution < 1.29 is 9.53 Å². The molecule has 19 heavy (non-hydrogen) atoms. The molecule has 1 atom stereocenters. The summed E-state index contributed by atoms with van der Waals surface area (Å²) in [6.07, 6.45) is 2.40. The molecule has 1 aliphatic rings. The molecule has 2 rings (SSSR count). The summed E-state index contributed by atoms with van der Waals surface area (Å²) in [7, 11) is 0. The van der Waals surface area contributed by atoms with Crippen LogP contribution < -0.4 is 15.4 Å². The summed E-state index contributed by atoms with van der Waals surface area (Å²) in [4.78, 5) is 14.3. The molecule has 1 unspecified atom stereocenters. The Morgan fingerprint density at radius 3 is 2.79 bits per heavy atom. The van der Waals surface area contributed by atoms with E-state index in [0.29, 0.717) is 13.0 Å². The van der Waals surface area contributed by atoms with Crippen LogP contribution >= 0.6 is 0 Å². The number of ether oxygens (including phenoxy) is 1. The monoisotopic (exact) mass is 262 g/mol. The van der Waals surface area contributed by atoms with Crippen LogP contribution in [0.4, 0.5) is 5.69 Å². The molecule has 0 saturated carbocycles. The van der Waals surface area contributed by atoms with Gasteiger partial charge in [0.05, 0.1) is 5.69 Å². The highest BCUT2D eigenvalue weighted by Crippen LogP contribution is 2.35. The van der Waals surface area contributed by atoms with Crippen LogP contribution in [0.2, 0.25) is 0 Å². The predicted molar refractivity (Wildman–Crippen MR) is 76.3 cm³/mol. The molecule has 1 amide bonds. The predicted octanol–water partition coefficient (Wildman–Crippen LogP) is 2.45. The Morgan fingerprint density at radius 1 is 1.37 bits per heavy atom. The van der Waals surface area contributed by atoms with Gasteiger partial charge in [-0.3, -0.25) is 4.79 Å². The fourth-order valence-electron chi connectivity index (χ4n) is 2.30. The van der Waals surface area contributed by atoms with E-state index in [1.807, 2.05) is 30.0 Å². The van der Waals surface area contributed by atoms with Crippen LogP contribution in [-0.2, 0) is 11.3 Å². The smallest absolute Gasteiger partial charge is 0.268 e. The van der Waals surface area contributed by atoms with Crippen LogP contribution in [0, 0.1) is 0 Å². The Balaban J connectivity index is 2.36. The first-order valence-corrected chi connectivity index (χ1v) is 7.02. The highest BCUT2D eigenvalue weighted by atomic mass is 16.5. The van der Waals surface area contributed by atoms with Crippen molar-refractivity contribution in [2.75, 3.05) is 11.4 Å². The minimum Gasteiger partial charge on any atom is -0.478 e. The second-order valence-corrected chi connectivity index (χ2v) is 4.86. The second kappa shape index (κ2) is 6.06. The van der Waals surface area contributed by atoms with E-state index < -0.39 is 0 Å². The molecule has 0 saturated heterocycles. The lowest BCUT2D eigenvalue weighted by Crippen LogP contribution is -2.46. The lowest BCUT2D eigenvalue weighted by Gasteiger charge is -2.34. The summed E-state index contributed by atoms with van der Waals surface area (Å²) in [5.41, 5.74) is 7.56. The van der Waals surface area contributed by atoms with Gasteiger partial charge in [-0.05, 0) is 30.5 Å². The maximum Gasteiger partial charge on any atom is 0.268 e. The van der Waals surface area contributed by atoms with Gasteiger partial charge in [-0.25, -0.2) is 0 Å². The van der Waals surface area contributed by atoms with E-state index in [9.17, 15) is 4.79 Å². The zero-order chi connectivity index (χ0) is 13.8. The zero-order valence-corrected chi connectivity index (χ0v) is 11.7. The van der Waals surface area contributed by atoms with Crippen LogP contribution in [0.3, 0.4) is 0 Å². The van der Waals surface area contributed by atoms with E-state index in [-0.39, 0.29) is 12.0 Å². The number of hydrogen-bond acceptors (Lipinski definition) is 3. The van der Waals surface area contributed by atoms with Gasteiger partial charge in [-0.15, -0.1) is 0 Å². The Morgan fingerprint density at radius 2 is 2.16 bits per heavy atom. The summed E-state index contributed by atoms with van der Waals surface area (Å²) in [6, 6.07) is 5.85. The van der Waals surface area contributed by atoms with Gasteiger partial charge in [0, 0.05) is 13.1 Å².